The van der Waals surface area contributed by atoms with E-state index in [1.807, 2.05) is 11.6 Å². The van der Waals surface area contributed by atoms with Gasteiger partial charge in [-0.2, -0.15) is 0 Å². The molecule has 0 aliphatic heterocycles. The van der Waals surface area contributed by atoms with Crippen molar-refractivity contribution in [2.45, 2.75) is 43.4 Å². The fourth-order valence-corrected chi connectivity index (χ4v) is 3.55. The van der Waals surface area contributed by atoms with Crippen molar-refractivity contribution in [2.75, 3.05) is 0 Å². The van der Waals surface area contributed by atoms with E-state index in [-0.39, 0.29) is 5.92 Å². The van der Waals surface area contributed by atoms with Crippen LogP contribution in [0.3, 0.4) is 0 Å². The SMILES string of the molecule is CC[C@H]1C[C@]1(NC(=O)O)C(=O)NS(=O)(=O)C1CC1. The summed E-state index contributed by atoms with van der Waals surface area (Å²) in [6.07, 6.45) is 0.766. The molecule has 8 heteroatoms. The van der Waals surface area contributed by atoms with Crippen molar-refractivity contribution < 1.29 is 23.1 Å². The number of nitrogens with one attached hydrogen (secondary N) is 2. The normalized spacial score (nSPS) is 30.6. The van der Waals surface area contributed by atoms with Crippen molar-refractivity contribution in [1.29, 1.82) is 0 Å². The van der Waals surface area contributed by atoms with E-state index in [0.29, 0.717) is 25.7 Å². The zero-order valence-corrected chi connectivity index (χ0v) is 10.8. The molecule has 2 saturated carbocycles. The number of carboxylic acid groups (broad SMARTS) is 1. The van der Waals surface area contributed by atoms with Crippen LogP contribution in [0, 0.1) is 5.92 Å². The zero-order chi connectivity index (χ0) is 13.6. The van der Waals surface area contributed by atoms with Gasteiger partial charge in [0.25, 0.3) is 5.91 Å². The summed E-state index contributed by atoms with van der Waals surface area (Å²) in [5, 5.41) is 10.4. The molecule has 7 nitrogen and oxygen atoms in total. The Bertz CT molecular complexity index is 484. The number of amides is 2. The Morgan fingerprint density at radius 1 is 1.39 bits per heavy atom. The number of hydrogen-bond donors (Lipinski definition) is 3. The fraction of sp³-hybridized carbons (Fsp3) is 0.800. The second-order valence-electron chi connectivity index (χ2n) is 4.89. The van der Waals surface area contributed by atoms with Crippen LogP contribution < -0.4 is 10.0 Å². The first-order valence-corrected chi connectivity index (χ1v) is 7.43. The molecule has 2 aliphatic rings. The highest BCUT2D eigenvalue weighted by molar-refractivity contribution is 7.90. The summed E-state index contributed by atoms with van der Waals surface area (Å²) in [7, 11) is -3.63. The van der Waals surface area contributed by atoms with Gasteiger partial charge in [0.15, 0.2) is 0 Å². The Kier molecular flexibility index (Phi) is 3.00. The van der Waals surface area contributed by atoms with E-state index in [1.54, 1.807) is 0 Å². The Hall–Kier alpha value is -1.31. The highest BCUT2D eigenvalue weighted by Gasteiger charge is 2.61. The molecular formula is C10H16N2O5S. The number of hydrogen-bond acceptors (Lipinski definition) is 4. The van der Waals surface area contributed by atoms with Crippen molar-refractivity contribution in [1.82, 2.24) is 10.0 Å². The third-order valence-corrected chi connectivity index (χ3v) is 5.35. The lowest BCUT2D eigenvalue weighted by molar-refractivity contribution is -0.122. The van der Waals surface area contributed by atoms with Crippen LogP contribution in [0.15, 0.2) is 0 Å². The first-order valence-electron chi connectivity index (χ1n) is 5.89. The van der Waals surface area contributed by atoms with Gasteiger partial charge in [-0.25, -0.2) is 13.2 Å². The van der Waals surface area contributed by atoms with Gasteiger partial charge < -0.3 is 10.4 Å². The van der Waals surface area contributed by atoms with E-state index in [0.717, 1.165) is 0 Å². The topological polar surface area (TPSA) is 113 Å². The van der Waals surface area contributed by atoms with Gasteiger partial charge in [-0.05, 0) is 25.2 Å². The van der Waals surface area contributed by atoms with Crippen molar-refractivity contribution >= 4 is 22.0 Å². The Balaban J connectivity index is 2.08. The average Bonchev–Trinajstić information content (AvgIpc) is 3.11. The lowest BCUT2D eigenvalue weighted by atomic mass is 10.1. The van der Waals surface area contributed by atoms with Crippen LogP contribution in [0.1, 0.15) is 32.6 Å². The van der Waals surface area contributed by atoms with Crippen molar-refractivity contribution in [3.8, 4) is 0 Å². The molecule has 2 atom stereocenters. The van der Waals surface area contributed by atoms with Crippen LogP contribution in [-0.4, -0.2) is 36.3 Å². The van der Waals surface area contributed by atoms with E-state index in [4.69, 9.17) is 5.11 Å². The van der Waals surface area contributed by atoms with Gasteiger partial charge in [0, 0.05) is 0 Å². The van der Waals surface area contributed by atoms with Gasteiger partial charge in [0.05, 0.1) is 5.25 Å². The first-order chi connectivity index (χ1) is 8.32. The minimum absolute atomic E-state index is 0.136. The predicted molar refractivity (Wildman–Crippen MR) is 62.4 cm³/mol. The fourth-order valence-electron chi connectivity index (χ4n) is 2.18. The average molecular weight is 276 g/mol. The molecule has 2 aliphatic carbocycles. The maximum absolute atomic E-state index is 12.0. The lowest BCUT2D eigenvalue weighted by Crippen LogP contribution is -2.52. The number of carbonyl (C=O) groups is 2. The summed E-state index contributed by atoms with van der Waals surface area (Å²) >= 11 is 0. The largest absolute Gasteiger partial charge is 0.465 e. The third kappa shape index (κ3) is 2.29. The molecule has 102 valence electrons. The minimum atomic E-state index is -3.63. The molecule has 2 fully saturated rings. The molecule has 0 aromatic rings. The third-order valence-electron chi connectivity index (χ3n) is 3.53. The van der Waals surface area contributed by atoms with Gasteiger partial charge in [-0.1, -0.05) is 13.3 Å². The molecular weight excluding hydrogens is 260 g/mol. The smallest absolute Gasteiger partial charge is 0.405 e. The van der Waals surface area contributed by atoms with Crippen LogP contribution in [0.25, 0.3) is 0 Å². The molecule has 0 aromatic heterocycles. The molecule has 0 bridgehead atoms. The predicted octanol–water partition coefficient (Wildman–Crippen LogP) is 0.0311. The Morgan fingerprint density at radius 2 is 2.00 bits per heavy atom. The molecule has 0 radical (unpaired) electrons. The summed E-state index contributed by atoms with van der Waals surface area (Å²) < 4.78 is 25.3. The summed E-state index contributed by atoms with van der Waals surface area (Å²) in [5.41, 5.74) is -1.26. The van der Waals surface area contributed by atoms with Gasteiger partial charge in [0.2, 0.25) is 10.0 Å². The van der Waals surface area contributed by atoms with Gasteiger partial charge in [0.1, 0.15) is 5.54 Å². The molecule has 18 heavy (non-hydrogen) atoms. The van der Waals surface area contributed by atoms with E-state index in [9.17, 15) is 18.0 Å². The van der Waals surface area contributed by atoms with Gasteiger partial charge in [-0.3, -0.25) is 9.52 Å². The van der Waals surface area contributed by atoms with Crippen LogP contribution in [-0.2, 0) is 14.8 Å². The second kappa shape index (κ2) is 4.11. The van der Waals surface area contributed by atoms with E-state index in [2.05, 4.69) is 5.32 Å². The standard InChI is InChI=1S/C10H16N2O5S/c1-2-6-5-10(6,11-9(14)15)8(13)12-18(16,17)7-3-4-7/h6-7,11H,2-5H2,1H3,(H,12,13)(H,14,15)/t6-,10+/m0/s1. The highest BCUT2D eigenvalue weighted by atomic mass is 32.2. The zero-order valence-electron chi connectivity index (χ0n) is 9.97. The molecule has 2 amide bonds. The maximum atomic E-state index is 12.0. The van der Waals surface area contributed by atoms with Crippen LogP contribution >= 0.6 is 0 Å². The number of rotatable bonds is 5. The van der Waals surface area contributed by atoms with Crippen LogP contribution in [0.2, 0.25) is 0 Å². The number of sulfonamides is 1. The van der Waals surface area contributed by atoms with Crippen molar-refractivity contribution in [2.24, 2.45) is 5.92 Å². The summed E-state index contributed by atoms with van der Waals surface area (Å²) in [6.45, 7) is 1.83. The Labute approximate surface area is 105 Å². The Morgan fingerprint density at radius 3 is 2.39 bits per heavy atom. The highest BCUT2D eigenvalue weighted by Crippen LogP contribution is 2.46. The summed E-state index contributed by atoms with van der Waals surface area (Å²) in [5.74, 6) is -0.883. The van der Waals surface area contributed by atoms with Gasteiger partial charge >= 0.3 is 6.09 Å². The van der Waals surface area contributed by atoms with E-state index < -0.39 is 32.8 Å². The lowest BCUT2D eigenvalue weighted by Gasteiger charge is -2.17. The van der Waals surface area contributed by atoms with Crippen LogP contribution in [0.5, 0.6) is 0 Å². The molecule has 0 saturated heterocycles. The molecule has 0 unspecified atom stereocenters. The maximum Gasteiger partial charge on any atom is 0.405 e. The number of carbonyl (C=O) groups excluding carboxylic acids is 1. The van der Waals surface area contributed by atoms with Crippen LogP contribution in [0.4, 0.5) is 4.79 Å². The molecule has 2 rings (SSSR count). The van der Waals surface area contributed by atoms with E-state index >= 15 is 0 Å². The quantitative estimate of drug-likeness (QED) is 0.655. The minimum Gasteiger partial charge on any atom is -0.465 e. The first kappa shape index (κ1) is 13.1. The molecule has 0 heterocycles. The molecule has 3 N–H and O–H groups in total. The van der Waals surface area contributed by atoms with Crippen molar-refractivity contribution in [3.05, 3.63) is 0 Å². The monoisotopic (exact) mass is 276 g/mol. The van der Waals surface area contributed by atoms with Crippen molar-refractivity contribution in [3.63, 3.8) is 0 Å². The molecule has 0 spiro atoms. The summed E-state index contributed by atoms with van der Waals surface area (Å²) in [6, 6.07) is 0. The molecule has 0 aromatic carbocycles. The van der Waals surface area contributed by atoms with E-state index in [1.165, 1.54) is 0 Å². The second-order valence-corrected chi connectivity index (χ2v) is 6.85. The summed E-state index contributed by atoms with van der Waals surface area (Å²) in [4.78, 5) is 22.7. The van der Waals surface area contributed by atoms with Gasteiger partial charge in [-0.15, -0.1) is 0 Å².